The molecule has 6 rings (SSSR count). The van der Waals surface area contributed by atoms with Gasteiger partial charge in [-0.05, 0) is 47.5 Å². The van der Waals surface area contributed by atoms with Gasteiger partial charge in [0.2, 0.25) is 0 Å². The Balaban J connectivity index is 0.00000253. The Morgan fingerprint density at radius 3 is 2.34 bits per heavy atom. The van der Waals surface area contributed by atoms with Gasteiger partial charge in [0.25, 0.3) is 0 Å². The summed E-state index contributed by atoms with van der Waals surface area (Å²) in [6, 6.07) is 30.5. The van der Waals surface area contributed by atoms with Crippen molar-refractivity contribution in [3.05, 3.63) is 97.2 Å². The van der Waals surface area contributed by atoms with Crippen LogP contribution in [0.2, 0.25) is 0 Å². The first-order valence-electron chi connectivity index (χ1n) is 11.0. The number of ether oxygens (including phenoxy) is 1. The SMILES string of the molecule is C.COc1ccc2nc(-c3ccc(-c4ccccc4)cc3)nc(Nc3ccc4[nH]ncc4c3)c2c1. The van der Waals surface area contributed by atoms with E-state index in [-0.39, 0.29) is 7.43 Å². The molecule has 2 aromatic heterocycles. The average Bonchev–Trinajstić information content (AvgIpc) is 3.37. The minimum Gasteiger partial charge on any atom is -0.497 e. The number of nitrogens with zero attached hydrogens (tertiary/aromatic N) is 3. The van der Waals surface area contributed by atoms with Gasteiger partial charge in [0.15, 0.2) is 5.82 Å². The van der Waals surface area contributed by atoms with Crippen LogP contribution in [0.3, 0.4) is 0 Å². The molecule has 2 heterocycles. The second-order valence-electron chi connectivity index (χ2n) is 8.02. The van der Waals surface area contributed by atoms with Gasteiger partial charge in [0.1, 0.15) is 11.6 Å². The molecule has 0 saturated carbocycles. The molecule has 0 amide bonds. The molecule has 0 aliphatic carbocycles. The lowest BCUT2D eigenvalue weighted by Gasteiger charge is -2.12. The number of aromatic amines is 1. The maximum absolute atomic E-state index is 5.45. The van der Waals surface area contributed by atoms with Gasteiger partial charge in [-0.1, -0.05) is 62.0 Å². The van der Waals surface area contributed by atoms with E-state index in [4.69, 9.17) is 14.7 Å². The highest BCUT2D eigenvalue weighted by Gasteiger charge is 2.12. The lowest BCUT2D eigenvalue weighted by atomic mass is 10.0. The summed E-state index contributed by atoms with van der Waals surface area (Å²) in [5.74, 6) is 2.13. The smallest absolute Gasteiger partial charge is 0.162 e. The molecule has 0 atom stereocenters. The quantitative estimate of drug-likeness (QED) is 0.284. The standard InChI is InChI=1S/C28H21N5O.CH4/c1-34-23-12-14-26-24(16-23)28(30-22-11-13-25-21(15-22)17-29-33-25)32-27(31-26)20-9-7-19(8-10-20)18-5-3-2-4-6-18;/h2-17H,1H3,(H,29,33)(H,30,31,32);1H4. The number of rotatable bonds is 5. The topological polar surface area (TPSA) is 75.7 Å². The van der Waals surface area contributed by atoms with E-state index in [1.807, 2.05) is 54.6 Å². The summed E-state index contributed by atoms with van der Waals surface area (Å²) in [4.78, 5) is 9.76. The Bertz CT molecular complexity index is 1610. The summed E-state index contributed by atoms with van der Waals surface area (Å²) in [7, 11) is 1.66. The first-order valence-corrected chi connectivity index (χ1v) is 11.0. The van der Waals surface area contributed by atoms with Crippen molar-refractivity contribution in [2.45, 2.75) is 7.43 Å². The van der Waals surface area contributed by atoms with Crippen LogP contribution in [0.25, 0.3) is 44.3 Å². The van der Waals surface area contributed by atoms with Crippen LogP contribution in [-0.4, -0.2) is 27.3 Å². The summed E-state index contributed by atoms with van der Waals surface area (Å²) in [5, 5.41) is 12.5. The van der Waals surface area contributed by atoms with Crippen LogP contribution < -0.4 is 10.1 Å². The number of anilines is 2. The van der Waals surface area contributed by atoms with E-state index < -0.39 is 0 Å². The molecule has 172 valence electrons. The molecule has 0 spiro atoms. The highest BCUT2D eigenvalue weighted by atomic mass is 16.5. The van der Waals surface area contributed by atoms with Crippen molar-refractivity contribution in [3.63, 3.8) is 0 Å². The fourth-order valence-electron chi connectivity index (χ4n) is 4.06. The van der Waals surface area contributed by atoms with Gasteiger partial charge in [0, 0.05) is 22.0 Å². The number of benzene rings is 4. The maximum Gasteiger partial charge on any atom is 0.162 e. The van der Waals surface area contributed by atoms with Gasteiger partial charge in [0.05, 0.1) is 24.3 Å². The van der Waals surface area contributed by atoms with Gasteiger partial charge in [-0.2, -0.15) is 5.10 Å². The lowest BCUT2D eigenvalue weighted by molar-refractivity contribution is 0.415. The Hall–Kier alpha value is -4.71. The Labute approximate surface area is 203 Å². The zero-order valence-corrected chi connectivity index (χ0v) is 18.5. The van der Waals surface area contributed by atoms with Gasteiger partial charge in [-0.15, -0.1) is 0 Å². The van der Waals surface area contributed by atoms with E-state index in [0.29, 0.717) is 11.6 Å². The van der Waals surface area contributed by atoms with Crippen molar-refractivity contribution in [1.29, 1.82) is 0 Å². The number of fused-ring (bicyclic) bond motifs is 2. The molecule has 0 fully saturated rings. The van der Waals surface area contributed by atoms with Crippen molar-refractivity contribution in [2.24, 2.45) is 0 Å². The van der Waals surface area contributed by atoms with Gasteiger partial charge < -0.3 is 10.1 Å². The third kappa shape index (κ3) is 4.29. The molecular formula is C29H25N5O. The fraction of sp³-hybridized carbons (Fsp3) is 0.0690. The molecule has 2 N–H and O–H groups in total. The summed E-state index contributed by atoms with van der Waals surface area (Å²) >= 11 is 0. The van der Waals surface area contributed by atoms with Crippen molar-refractivity contribution in [3.8, 4) is 28.3 Å². The summed E-state index contributed by atoms with van der Waals surface area (Å²) in [6.07, 6.45) is 1.81. The number of methoxy groups -OCH3 is 1. The van der Waals surface area contributed by atoms with E-state index in [1.54, 1.807) is 13.3 Å². The molecule has 35 heavy (non-hydrogen) atoms. The number of nitrogens with one attached hydrogen (secondary N) is 2. The van der Waals surface area contributed by atoms with Crippen LogP contribution in [0, 0.1) is 0 Å². The molecule has 6 heteroatoms. The lowest BCUT2D eigenvalue weighted by Crippen LogP contribution is -2.00. The summed E-state index contributed by atoms with van der Waals surface area (Å²) in [6.45, 7) is 0. The monoisotopic (exact) mass is 459 g/mol. The highest BCUT2D eigenvalue weighted by molar-refractivity contribution is 5.94. The van der Waals surface area contributed by atoms with Crippen LogP contribution in [0.15, 0.2) is 97.2 Å². The van der Waals surface area contributed by atoms with E-state index >= 15 is 0 Å². The predicted octanol–water partition coefficient (Wildman–Crippen LogP) is 7.23. The third-order valence-electron chi connectivity index (χ3n) is 5.86. The minimum atomic E-state index is 0. The minimum absolute atomic E-state index is 0. The predicted molar refractivity (Wildman–Crippen MR) is 143 cm³/mol. The number of hydrogen-bond donors (Lipinski definition) is 2. The molecule has 0 aliphatic heterocycles. The summed E-state index contributed by atoms with van der Waals surface area (Å²) < 4.78 is 5.45. The third-order valence-corrected chi connectivity index (χ3v) is 5.86. The van der Waals surface area contributed by atoms with E-state index in [0.717, 1.165) is 44.4 Å². The zero-order chi connectivity index (χ0) is 22.9. The van der Waals surface area contributed by atoms with Crippen LogP contribution in [0.4, 0.5) is 11.5 Å². The first-order chi connectivity index (χ1) is 16.8. The van der Waals surface area contributed by atoms with Crippen molar-refractivity contribution < 1.29 is 4.74 Å². The van der Waals surface area contributed by atoms with Crippen molar-refractivity contribution >= 4 is 33.3 Å². The second-order valence-corrected chi connectivity index (χ2v) is 8.02. The molecule has 0 radical (unpaired) electrons. The van der Waals surface area contributed by atoms with Gasteiger partial charge in [-0.25, -0.2) is 9.97 Å². The summed E-state index contributed by atoms with van der Waals surface area (Å²) in [5.41, 5.74) is 6.02. The Morgan fingerprint density at radius 2 is 1.54 bits per heavy atom. The molecule has 6 nitrogen and oxygen atoms in total. The van der Waals surface area contributed by atoms with Crippen molar-refractivity contribution in [2.75, 3.05) is 12.4 Å². The highest BCUT2D eigenvalue weighted by Crippen LogP contribution is 2.31. The largest absolute Gasteiger partial charge is 0.497 e. The Morgan fingerprint density at radius 1 is 0.771 bits per heavy atom. The van der Waals surface area contributed by atoms with E-state index in [2.05, 4.69) is 51.9 Å². The Kier molecular flexibility index (Phi) is 5.85. The maximum atomic E-state index is 5.45. The first kappa shape index (κ1) is 22.1. The molecular weight excluding hydrogens is 434 g/mol. The molecule has 4 aromatic carbocycles. The van der Waals surface area contributed by atoms with Crippen LogP contribution in [-0.2, 0) is 0 Å². The zero-order valence-electron chi connectivity index (χ0n) is 18.5. The average molecular weight is 460 g/mol. The second kappa shape index (κ2) is 9.27. The van der Waals surface area contributed by atoms with E-state index in [1.165, 1.54) is 5.56 Å². The molecule has 0 aliphatic rings. The fourth-order valence-corrected chi connectivity index (χ4v) is 4.06. The van der Waals surface area contributed by atoms with Crippen molar-refractivity contribution in [1.82, 2.24) is 20.2 Å². The van der Waals surface area contributed by atoms with E-state index in [9.17, 15) is 0 Å². The van der Waals surface area contributed by atoms with Crippen LogP contribution >= 0.6 is 0 Å². The molecule has 0 unspecified atom stereocenters. The van der Waals surface area contributed by atoms with Gasteiger partial charge in [-0.3, -0.25) is 5.10 Å². The number of aromatic nitrogens is 4. The van der Waals surface area contributed by atoms with Crippen LogP contribution in [0.5, 0.6) is 5.75 Å². The normalized spacial score (nSPS) is 10.8. The number of H-pyrrole nitrogens is 1. The van der Waals surface area contributed by atoms with Crippen LogP contribution in [0.1, 0.15) is 7.43 Å². The molecule has 6 aromatic rings. The van der Waals surface area contributed by atoms with Gasteiger partial charge >= 0.3 is 0 Å². The number of hydrogen-bond acceptors (Lipinski definition) is 5. The molecule has 0 saturated heterocycles. The molecule has 0 bridgehead atoms.